The van der Waals surface area contributed by atoms with Gasteiger partial charge in [0.15, 0.2) is 0 Å². The van der Waals surface area contributed by atoms with Crippen molar-refractivity contribution < 1.29 is 0 Å². The molecule has 0 bridgehead atoms. The molecule has 0 aliphatic carbocycles. The lowest BCUT2D eigenvalue weighted by Crippen LogP contribution is -2.14. The van der Waals surface area contributed by atoms with E-state index in [1.54, 1.807) is 0 Å². The zero-order valence-corrected chi connectivity index (χ0v) is 10.5. The van der Waals surface area contributed by atoms with Crippen molar-refractivity contribution in [2.24, 2.45) is 12.5 Å². The maximum atomic E-state index is 8.95. The fourth-order valence-corrected chi connectivity index (χ4v) is 1.81. The van der Waals surface area contributed by atoms with E-state index in [9.17, 15) is 0 Å². The Morgan fingerprint density at radius 3 is 2.50 bits per heavy atom. The van der Waals surface area contributed by atoms with Crippen molar-refractivity contribution in [1.82, 2.24) is 9.78 Å². The quantitative estimate of drug-likeness (QED) is 0.816. The number of nitriles is 1. The molecular weight excluding hydrogens is 242 g/mol. The average molecular weight is 256 g/mol. The van der Waals surface area contributed by atoms with Crippen LogP contribution in [0.5, 0.6) is 0 Å². The van der Waals surface area contributed by atoms with E-state index in [1.165, 1.54) is 0 Å². The molecule has 14 heavy (non-hydrogen) atoms. The number of aromatic nitrogens is 2. The molecule has 1 aromatic heterocycles. The van der Waals surface area contributed by atoms with Crippen molar-refractivity contribution in [1.29, 1.82) is 5.26 Å². The van der Waals surface area contributed by atoms with E-state index in [2.05, 4.69) is 27.1 Å². The molecule has 1 rings (SSSR count). The molecule has 0 aliphatic rings. The van der Waals surface area contributed by atoms with Gasteiger partial charge in [0.2, 0.25) is 0 Å². The summed E-state index contributed by atoms with van der Waals surface area (Å²) in [5, 5.41) is 13.2. The zero-order valence-electron chi connectivity index (χ0n) is 8.93. The third kappa shape index (κ3) is 2.16. The molecule has 0 aliphatic heterocycles. The van der Waals surface area contributed by atoms with Crippen molar-refractivity contribution >= 4 is 15.9 Å². The smallest absolute Gasteiger partial charge is 0.0738 e. The second-order valence-electron chi connectivity index (χ2n) is 4.14. The Morgan fingerprint density at radius 2 is 2.14 bits per heavy atom. The monoisotopic (exact) mass is 255 g/mol. The summed E-state index contributed by atoms with van der Waals surface area (Å²) in [5.74, 6) is 0. The first-order chi connectivity index (χ1) is 6.37. The molecule has 0 saturated carbocycles. The number of hydrogen-bond acceptors (Lipinski definition) is 2. The normalized spacial score (nSPS) is 11.4. The van der Waals surface area contributed by atoms with E-state index in [0.29, 0.717) is 6.42 Å². The maximum absolute atomic E-state index is 8.95. The third-order valence-corrected chi connectivity index (χ3v) is 3.21. The van der Waals surface area contributed by atoms with Crippen LogP contribution in [0.2, 0.25) is 0 Å². The molecule has 0 radical (unpaired) electrons. The molecule has 0 N–H and O–H groups in total. The second kappa shape index (κ2) is 3.74. The molecule has 0 saturated heterocycles. The standard InChI is InChI=1S/C10H14BrN3/c1-7-9(11)8(14(4)13-7)5-10(2,3)6-12/h5H2,1-4H3. The predicted octanol–water partition coefficient (Wildman–Crippen LogP) is 2.58. The van der Waals surface area contributed by atoms with Crippen molar-refractivity contribution in [3.05, 3.63) is 15.9 Å². The number of halogens is 1. The van der Waals surface area contributed by atoms with Crippen LogP contribution in [-0.4, -0.2) is 9.78 Å². The van der Waals surface area contributed by atoms with Crippen molar-refractivity contribution in [3.8, 4) is 6.07 Å². The summed E-state index contributed by atoms with van der Waals surface area (Å²) >= 11 is 3.49. The topological polar surface area (TPSA) is 41.6 Å². The SMILES string of the molecule is Cc1nn(C)c(CC(C)(C)C#N)c1Br. The fourth-order valence-electron chi connectivity index (χ4n) is 1.33. The van der Waals surface area contributed by atoms with Crippen LogP contribution in [0.1, 0.15) is 25.2 Å². The minimum absolute atomic E-state index is 0.344. The molecule has 0 fully saturated rings. The number of hydrogen-bond donors (Lipinski definition) is 0. The summed E-state index contributed by atoms with van der Waals surface area (Å²) in [7, 11) is 1.90. The van der Waals surface area contributed by atoms with E-state index in [1.807, 2.05) is 32.5 Å². The third-order valence-electron chi connectivity index (χ3n) is 2.17. The summed E-state index contributed by atoms with van der Waals surface area (Å²) in [6.45, 7) is 5.82. The molecule has 0 aromatic carbocycles. The Balaban J connectivity index is 3.04. The first-order valence-corrected chi connectivity index (χ1v) is 5.26. The minimum Gasteiger partial charge on any atom is -0.271 e. The lowest BCUT2D eigenvalue weighted by atomic mass is 9.90. The van der Waals surface area contributed by atoms with E-state index in [4.69, 9.17) is 5.26 Å². The molecule has 0 amide bonds. The minimum atomic E-state index is -0.344. The highest BCUT2D eigenvalue weighted by Crippen LogP contribution is 2.27. The first-order valence-electron chi connectivity index (χ1n) is 4.46. The first kappa shape index (κ1) is 11.3. The van der Waals surface area contributed by atoms with Crippen LogP contribution in [0.3, 0.4) is 0 Å². The van der Waals surface area contributed by atoms with Gasteiger partial charge in [0.25, 0.3) is 0 Å². The predicted molar refractivity (Wildman–Crippen MR) is 58.7 cm³/mol. The molecular formula is C10H14BrN3. The molecule has 1 aromatic rings. The molecule has 4 heteroatoms. The summed E-state index contributed by atoms with van der Waals surface area (Å²) in [4.78, 5) is 0. The zero-order chi connectivity index (χ0) is 10.9. The molecule has 3 nitrogen and oxygen atoms in total. The van der Waals surface area contributed by atoms with Crippen molar-refractivity contribution in [3.63, 3.8) is 0 Å². The maximum Gasteiger partial charge on any atom is 0.0738 e. The lowest BCUT2D eigenvalue weighted by molar-refractivity contribution is 0.471. The van der Waals surface area contributed by atoms with Gasteiger partial charge < -0.3 is 0 Å². The summed E-state index contributed by atoms with van der Waals surface area (Å²) < 4.78 is 2.85. The largest absolute Gasteiger partial charge is 0.271 e. The van der Waals surface area contributed by atoms with Gasteiger partial charge in [-0.25, -0.2) is 0 Å². The molecule has 1 heterocycles. The number of rotatable bonds is 2. The lowest BCUT2D eigenvalue weighted by Gasteiger charge is -2.15. The molecule has 0 atom stereocenters. The van der Waals surface area contributed by atoms with Gasteiger partial charge in [-0.05, 0) is 36.7 Å². The van der Waals surface area contributed by atoms with E-state index < -0.39 is 0 Å². The Kier molecular flexibility index (Phi) is 3.01. The van der Waals surface area contributed by atoms with Gasteiger partial charge in [0.05, 0.1) is 27.3 Å². The van der Waals surface area contributed by atoms with Crippen LogP contribution in [0.4, 0.5) is 0 Å². The van der Waals surface area contributed by atoms with Gasteiger partial charge in [-0.15, -0.1) is 0 Å². The van der Waals surface area contributed by atoms with E-state index >= 15 is 0 Å². The van der Waals surface area contributed by atoms with E-state index in [0.717, 1.165) is 15.9 Å². The molecule has 0 spiro atoms. The van der Waals surface area contributed by atoms with Gasteiger partial charge in [-0.2, -0.15) is 10.4 Å². The average Bonchev–Trinajstić information content (AvgIpc) is 2.32. The Bertz CT molecular complexity index is 385. The van der Waals surface area contributed by atoms with Crippen LogP contribution in [-0.2, 0) is 13.5 Å². The summed E-state index contributed by atoms with van der Waals surface area (Å²) in [6, 6.07) is 2.29. The van der Waals surface area contributed by atoms with Crippen LogP contribution in [0.25, 0.3) is 0 Å². The van der Waals surface area contributed by atoms with Gasteiger partial charge in [-0.3, -0.25) is 4.68 Å². The second-order valence-corrected chi connectivity index (χ2v) is 4.94. The van der Waals surface area contributed by atoms with Gasteiger partial charge in [-0.1, -0.05) is 0 Å². The number of aryl methyl sites for hydroxylation is 2. The Hall–Kier alpha value is -0.820. The summed E-state index contributed by atoms with van der Waals surface area (Å²) in [6.07, 6.45) is 0.710. The van der Waals surface area contributed by atoms with Gasteiger partial charge in [0, 0.05) is 13.5 Å². The van der Waals surface area contributed by atoms with Crippen LogP contribution < -0.4 is 0 Å². The van der Waals surface area contributed by atoms with E-state index in [-0.39, 0.29) is 5.41 Å². The van der Waals surface area contributed by atoms with Crippen LogP contribution >= 0.6 is 15.9 Å². The van der Waals surface area contributed by atoms with Crippen LogP contribution in [0.15, 0.2) is 4.47 Å². The van der Waals surface area contributed by atoms with Crippen molar-refractivity contribution in [2.75, 3.05) is 0 Å². The summed E-state index contributed by atoms with van der Waals surface area (Å²) in [5.41, 5.74) is 1.70. The highest BCUT2D eigenvalue weighted by atomic mass is 79.9. The number of nitrogens with zero attached hydrogens (tertiary/aromatic N) is 3. The Morgan fingerprint density at radius 1 is 1.57 bits per heavy atom. The molecule has 0 unspecified atom stereocenters. The fraction of sp³-hybridized carbons (Fsp3) is 0.600. The van der Waals surface area contributed by atoms with Crippen molar-refractivity contribution in [2.45, 2.75) is 27.2 Å². The highest BCUT2D eigenvalue weighted by molar-refractivity contribution is 9.10. The Labute approximate surface area is 92.9 Å². The van der Waals surface area contributed by atoms with Gasteiger partial charge in [0.1, 0.15) is 0 Å². The molecule has 76 valence electrons. The highest BCUT2D eigenvalue weighted by Gasteiger charge is 2.22. The van der Waals surface area contributed by atoms with Crippen LogP contribution in [0, 0.1) is 23.7 Å². The van der Waals surface area contributed by atoms with Gasteiger partial charge >= 0.3 is 0 Å².